The van der Waals surface area contributed by atoms with E-state index >= 15 is 0 Å². The SMILES string of the molecule is NCC(=O)c1ccc(Oc2ccc([N+](=O)[O-])cc2)cc1. The lowest BCUT2D eigenvalue weighted by molar-refractivity contribution is -0.384. The summed E-state index contributed by atoms with van der Waals surface area (Å²) in [6.45, 7) is -0.0391. The van der Waals surface area contributed by atoms with Crippen LogP contribution in [0.15, 0.2) is 48.5 Å². The summed E-state index contributed by atoms with van der Waals surface area (Å²) in [5.41, 5.74) is 5.79. The molecule has 0 aliphatic carbocycles. The van der Waals surface area contributed by atoms with Crippen molar-refractivity contribution in [2.45, 2.75) is 0 Å². The molecule has 6 nitrogen and oxygen atoms in total. The molecule has 0 amide bonds. The van der Waals surface area contributed by atoms with Gasteiger partial charge in [0.05, 0.1) is 11.5 Å². The highest BCUT2D eigenvalue weighted by molar-refractivity contribution is 5.97. The van der Waals surface area contributed by atoms with Crippen LogP contribution in [0.25, 0.3) is 0 Å². The summed E-state index contributed by atoms with van der Waals surface area (Å²) in [5.74, 6) is 0.868. The van der Waals surface area contributed by atoms with Gasteiger partial charge in [-0.25, -0.2) is 0 Å². The monoisotopic (exact) mass is 272 g/mol. The predicted molar refractivity (Wildman–Crippen MR) is 73.0 cm³/mol. The van der Waals surface area contributed by atoms with Crippen molar-refractivity contribution in [1.29, 1.82) is 0 Å². The standard InChI is InChI=1S/C14H12N2O4/c15-9-14(17)10-1-5-12(6-2-10)20-13-7-3-11(4-8-13)16(18)19/h1-8H,9,15H2. The average Bonchev–Trinajstić information content (AvgIpc) is 2.48. The fourth-order valence-corrected chi connectivity index (χ4v) is 1.60. The summed E-state index contributed by atoms with van der Waals surface area (Å²) >= 11 is 0. The predicted octanol–water partition coefficient (Wildman–Crippen LogP) is 2.53. The number of nitrogens with two attached hydrogens (primary N) is 1. The quantitative estimate of drug-likeness (QED) is 0.512. The van der Waals surface area contributed by atoms with Crippen molar-refractivity contribution in [3.8, 4) is 11.5 Å². The highest BCUT2D eigenvalue weighted by atomic mass is 16.6. The van der Waals surface area contributed by atoms with E-state index in [1.54, 1.807) is 24.3 Å². The van der Waals surface area contributed by atoms with Gasteiger partial charge < -0.3 is 10.5 Å². The van der Waals surface area contributed by atoms with Gasteiger partial charge in [0.2, 0.25) is 0 Å². The molecule has 0 aromatic heterocycles. The van der Waals surface area contributed by atoms with Crippen LogP contribution in [0.3, 0.4) is 0 Å². The third-order valence-corrected chi connectivity index (χ3v) is 2.64. The minimum Gasteiger partial charge on any atom is -0.457 e. The molecule has 2 rings (SSSR count). The van der Waals surface area contributed by atoms with Crippen molar-refractivity contribution in [3.63, 3.8) is 0 Å². The molecule has 20 heavy (non-hydrogen) atoms. The molecule has 0 aliphatic heterocycles. The Labute approximate surface area is 114 Å². The molecule has 0 aliphatic rings. The molecule has 0 saturated carbocycles. The first-order valence-electron chi connectivity index (χ1n) is 5.86. The van der Waals surface area contributed by atoms with Gasteiger partial charge >= 0.3 is 0 Å². The molecule has 0 radical (unpaired) electrons. The molecule has 0 fully saturated rings. The van der Waals surface area contributed by atoms with Crippen molar-refractivity contribution >= 4 is 11.5 Å². The number of hydrogen-bond acceptors (Lipinski definition) is 5. The largest absolute Gasteiger partial charge is 0.457 e. The highest BCUT2D eigenvalue weighted by Gasteiger charge is 2.06. The summed E-state index contributed by atoms with van der Waals surface area (Å²) in [4.78, 5) is 21.4. The summed E-state index contributed by atoms with van der Waals surface area (Å²) < 4.78 is 5.52. The molecule has 0 spiro atoms. The number of Topliss-reactive ketones (excluding diaryl/α,β-unsaturated/α-hetero) is 1. The van der Waals surface area contributed by atoms with Gasteiger partial charge in [0, 0.05) is 17.7 Å². The zero-order valence-electron chi connectivity index (χ0n) is 10.5. The molecule has 0 saturated heterocycles. The first-order chi connectivity index (χ1) is 9.60. The molecule has 0 bridgehead atoms. The maximum absolute atomic E-state index is 11.4. The molecule has 2 aromatic rings. The lowest BCUT2D eigenvalue weighted by Crippen LogP contribution is -2.13. The lowest BCUT2D eigenvalue weighted by Gasteiger charge is -2.06. The van der Waals surface area contributed by atoms with Crippen LogP contribution in [-0.4, -0.2) is 17.3 Å². The number of nitro groups is 1. The number of carbonyl (C=O) groups excluding carboxylic acids is 1. The second-order valence-corrected chi connectivity index (χ2v) is 4.00. The summed E-state index contributed by atoms with van der Waals surface area (Å²) in [5, 5.41) is 10.5. The Morgan fingerprint density at radius 2 is 1.55 bits per heavy atom. The molecule has 0 atom stereocenters. The van der Waals surface area contributed by atoms with E-state index in [4.69, 9.17) is 10.5 Å². The zero-order valence-corrected chi connectivity index (χ0v) is 10.5. The summed E-state index contributed by atoms with van der Waals surface area (Å²) in [7, 11) is 0. The second-order valence-electron chi connectivity index (χ2n) is 4.00. The first kappa shape index (κ1) is 13.7. The number of non-ortho nitro benzene ring substituents is 1. The number of hydrogen-bond donors (Lipinski definition) is 1. The highest BCUT2D eigenvalue weighted by Crippen LogP contribution is 2.24. The molecule has 2 aromatic carbocycles. The second kappa shape index (κ2) is 5.94. The number of nitrogens with zero attached hydrogens (tertiary/aromatic N) is 1. The maximum Gasteiger partial charge on any atom is 0.269 e. The van der Waals surface area contributed by atoms with Gasteiger partial charge in [0.25, 0.3) is 5.69 Å². The van der Waals surface area contributed by atoms with E-state index in [1.807, 2.05) is 0 Å². The van der Waals surface area contributed by atoms with E-state index in [9.17, 15) is 14.9 Å². The zero-order chi connectivity index (χ0) is 14.5. The Hall–Kier alpha value is -2.73. The Bertz CT molecular complexity index is 621. The Morgan fingerprint density at radius 3 is 2.00 bits per heavy atom. The number of benzene rings is 2. The van der Waals surface area contributed by atoms with Crippen LogP contribution >= 0.6 is 0 Å². The van der Waals surface area contributed by atoms with Crippen LogP contribution in [0.5, 0.6) is 11.5 Å². The van der Waals surface area contributed by atoms with Crippen molar-refractivity contribution in [2.24, 2.45) is 5.73 Å². The van der Waals surface area contributed by atoms with E-state index in [2.05, 4.69) is 0 Å². The third kappa shape index (κ3) is 3.18. The van der Waals surface area contributed by atoms with Gasteiger partial charge in [0.15, 0.2) is 5.78 Å². The van der Waals surface area contributed by atoms with E-state index in [0.717, 1.165) is 0 Å². The van der Waals surface area contributed by atoms with Crippen LogP contribution in [0, 0.1) is 10.1 Å². The first-order valence-corrected chi connectivity index (χ1v) is 5.86. The fraction of sp³-hybridized carbons (Fsp3) is 0.0714. The van der Waals surface area contributed by atoms with E-state index in [-0.39, 0.29) is 18.0 Å². The fourth-order valence-electron chi connectivity index (χ4n) is 1.60. The lowest BCUT2D eigenvalue weighted by atomic mass is 10.1. The van der Waals surface area contributed by atoms with Crippen LogP contribution in [0.4, 0.5) is 5.69 Å². The van der Waals surface area contributed by atoms with Gasteiger partial charge in [-0.3, -0.25) is 14.9 Å². The van der Waals surface area contributed by atoms with Gasteiger partial charge in [-0.2, -0.15) is 0 Å². The topological polar surface area (TPSA) is 95.5 Å². The van der Waals surface area contributed by atoms with Gasteiger partial charge in [-0.1, -0.05) is 0 Å². The summed E-state index contributed by atoms with van der Waals surface area (Å²) in [6.07, 6.45) is 0. The van der Waals surface area contributed by atoms with Crippen molar-refractivity contribution in [1.82, 2.24) is 0 Å². The van der Waals surface area contributed by atoms with Crippen molar-refractivity contribution in [2.75, 3.05) is 6.54 Å². The number of ether oxygens (including phenoxy) is 1. The molecular formula is C14H12N2O4. The van der Waals surface area contributed by atoms with Crippen LogP contribution in [-0.2, 0) is 0 Å². The molecular weight excluding hydrogens is 260 g/mol. The number of ketones is 1. The van der Waals surface area contributed by atoms with E-state index in [0.29, 0.717) is 17.1 Å². The summed E-state index contributed by atoms with van der Waals surface area (Å²) in [6, 6.07) is 12.3. The third-order valence-electron chi connectivity index (χ3n) is 2.64. The molecule has 2 N–H and O–H groups in total. The van der Waals surface area contributed by atoms with Crippen LogP contribution in [0.1, 0.15) is 10.4 Å². The normalized spacial score (nSPS) is 10.1. The minimum atomic E-state index is -0.475. The van der Waals surface area contributed by atoms with Gasteiger partial charge in [-0.05, 0) is 36.4 Å². The average molecular weight is 272 g/mol. The van der Waals surface area contributed by atoms with Crippen molar-refractivity contribution in [3.05, 3.63) is 64.2 Å². The van der Waals surface area contributed by atoms with Gasteiger partial charge in [-0.15, -0.1) is 0 Å². The molecule has 6 heteroatoms. The Morgan fingerprint density at radius 1 is 1.05 bits per heavy atom. The van der Waals surface area contributed by atoms with E-state index < -0.39 is 4.92 Å². The van der Waals surface area contributed by atoms with E-state index in [1.165, 1.54) is 24.3 Å². The smallest absolute Gasteiger partial charge is 0.269 e. The molecule has 102 valence electrons. The van der Waals surface area contributed by atoms with Crippen LogP contribution < -0.4 is 10.5 Å². The molecule has 0 heterocycles. The number of nitro benzene ring substituents is 1. The number of carbonyl (C=O) groups is 1. The maximum atomic E-state index is 11.4. The molecule has 0 unspecified atom stereocenters. The van der Waals surface area contributed by atoms with Crippen LogP contribution in [0.2, 0.25) is 0 Å². The number of rotatable bonds is 5. The van der Waals surface area contributed by atoms with Crippen molar-refractivity contribution < 1.29 is 14.5 Å². The Balaban J connectivity index is 2.10. The minimum absolute atomic E-state index is 0.00115. The van der Waals surface area contributed by atoms with Gasteiger partial charge in [0.1, 0.15) is 11.5 Å². The Kier molecular flexibility index (Phi) is 4.07.